The van der Waals surface area contributed by atoms with Crippen molar-refractivity contribution in [1.29, 1.82) is 0 Å². The second kappa shape index (κ2) is 19.2. The predicted molar refractivity (Wildman–Crippen MR) is 123 cm³/mol. The van der Waals surface area contributed by atoms with Gasteiger partial charge in [-0.05, 0) is 12.8 Å². The van der Waals surface area contributed by atoms with Gasteiger partial charge in [0.25, 0.3) is 0 Å². The molecule has 0 aromatic heterocycles. The summed E-state index contributed by atoms with van der Waals surface area (Å²) in [5, 5.41) is 41.3. The summed E-state index contributed by atoms with van der Waals surface area (Å²) >= 11 is 0. The van der Waals surface area contributed by atoms with Gasteiger partial charge in [-0.2, -0.15) is 0 Å². The van der Waals surface area contributed by atoms with E-state index in [4.69, 9.17) is 0 Å². The highest BCUT2D eigenvalue weighted by Gasteiger charge is 2.41. The fourth-order valence-electron chi connectivity index (χ4n) is 4.14. The van der Waals surface area contributed by atoms with E-state index >= 15 is 0 Å². The Morgan fingerprint density at radius 2 is 0.967 bits per heavy atom. The van der Waals surface area contributed by atoms with Crippen molar-refractivity contribution in [2.75, 3.05) is 0 Å². The second-order valence-corrected chi connectivity index (χ2v) is 9.12. The molecule has 4 N–H and O–H groups in total. The summed E-state index contributed by atoms with van der Waals surface area (Å²) in [5.74, 6) is 0. The Balaban J connectivity index is 4.42. The van der Waals surface area contributed by atoms with Crippen LogP contribution in [0.5, 0.6) is 0 Å². The lowest BCUT2D eigenvalue weighted by Crippen LogP contribution is -2.53. The van der Waals surface area contributed by atoms with E-state index in [9.17, 15) is 25.2 Å². The zero-order valence-corrected chi connectivity index (χ0v) is 19.7. The molecule has 0 aliphatic rings. The number of carbonyl (C=O) groups is 1. The van der Waals surface area contributed by atoms with Crippen molar-refractivity contribution in [3.63, 3.8) is 0 Å². The molecule has 0 fully saturated rings. The molecule has 0 aromatic carbocycles. The highest BCUT2D eigenvalue weighted by Crippen LogP contribution is 2.29. The van der Waals surface area contributed by atoms with Crippen molar-refractivity contribution in [1.82, 2.24) is 0 Å². The molecule has 180 valence electrons. The van der Waals surface area contributed by atoms with Gasteiger partial charge in [-0.3, -0.25) is 0 Å². The van der Waals surface area contributed by atoms with Crippen molar-refractivity contribution in [2.24, 2.45) is 0 Å². The summed E-state index contributed by atoms with van der Waals surface area (Å²) < 4.78 is 0. The first-order valence-electron chi connectivity index (χ1n) is 12.6. The average Bonchev–Trinajstić information content (AvgIpc) is 2.75. The quantitative estimate of drug-likeness (QED) is 0.142. The SMILES string of the molecule is CCCCCCCCCCC(O)(CCCCCCCCCC)[C@@H](O)[C@H](O)[C@@H](O)C=O. The molecule has 0 rings (SSSR count). The Bertz CT molecular complexity index is 368. The molecule has 0 heterocycles. The van der Waals surface area contributed by atoms with Gasteiger partial charge in [0.15, 0.2) is 6.29 Å². The highest BCUT2D eigenvalue weighted by atomic mass is 16.4. The molecule has 0 saturated carbocycles. The molecular formula is C25H50O5. The monoisotopic (exact) mass is 430 g/mol. The van der Waals surface area contributed by atoms with Gasteiger partial charge in [0, 0.05) is 0 Å². The first-order chi connectivity index (χ1) is 14.4. The number of aliphatic hydroxyl groups excluding tert-OH is 3. The van der Waals surface area contributed by atoms with Gasteiger partial charge in [-0.15, -0.1) is 0 Å². The smallest absolute Gasteiger partial charge is 0.151 e. The van der Waals surface area contributed by atoms with E-state index in [1.807, 2.05) is 0 Å². The molecule has 0 bridgehead atoms. The van der Waals surface area contributed by atoms with Crippen LogP contribution in [0, 0.1) is 0 Å². The van der Waals surface area contributed by atoms with Crippen molar-refractivity contribution in [2.45, 2.75) is 153 Å². The zero-order valence-electron chi connectivity index (χ0n) is 19.7. The number of aldehydes is 1. The van der Waals surface area contributed by atoms with Crippen LogP contribution in [-0.2, 0) is 4.79 Å². The third-order valence-corrected chi connectivity index (χ3v) is 6.29. The lowest BCUT2D eigenvalue weighted by atomic mass is 9.81. The Labute approximate surface area is 185 Å². The van der Waals surface area contributed by atoms with E-state index in [-0.39, 0.29) is 6.29 Å². The number of hydrogen-bond acceptors (Lipinski definition) is 5. The van der Waals surface area contributed by atoms with Gasteiger partial charge in [0.1, 0.15) is 18.3 Å². The van der Waals surface area contributed by atoms with Crippen LogP contribution in [0.15, 0.2) is 0 Å². The number of carbonyl (C=O) groups excluding carboxylic acids is 1. The van der Waals surface area contributed by atoms with Crippen molar-refractivity contribution in [3.05, 3.63) is 0 Å². The molecule has 0 unspecified atom stereocenters. The lowest BCUT2D eigenvalue weighted by molar-refractivity contribution is -0.162. The molecule has 5 heteroatoms. The topological polar surface area (TPSA) is 98.0 Å². The largest absolute Gasteiger partial charge is 0.387 e. The predicted octanol–water partition coefficient (Wildman–Crippen LogP) is 5.06. The molecule has 30 heavy (non-hydrogen) atoms. The molecule has 0 amide bonds. The maximum Gasteiger partial charge on any atom is 0.151 e. The molecule has 3 atom stereocenters. The number of rotatable bonds is 22. The average molecular weight is 431 g/mol. The van der Waals surface area contributed by atoms with Crippen LogP contribution < -0.4 is 0 Å². The van der Waals surface area contributed by atoms with Gasteiger partial charge in [0.05, 0.1) is 5.60 Å². The fourth-order valence-corrected chi connectivity index (χ4v) is 4.14. The summed E-state index contributed by atoms with van der Waals surface area (Å²) in [4.78, 5) is 10.8. The summed E-state index contributed by atoms with van der Waals surface area (Å²) in [6, 6.07) is 0. The number of aliphatic hydroxyl groups is 4. The standard InChI is InChI=1S/C25H50O5/c1-3-5-7-9-11-13-15-17-19-25(30,24(29)23(28)22(27)21-26)20-18-16-14-12-10-8-6-4-2/h21-24,27-30H,3-20H2,1-2H3/t22-,23+,24-/m0/s1. The normalized spacial score (nSPS) is 15.1. The minimum absolute atomic E-state index is 0.209. The maximum absolute atomic E-state index is 11.1. The Morgan fingerprint density at radius 3 is 1.30 bits per heavy atom. The molecule has 0 spiro atoms. The zero-order chi connectivity index (χ0) is 22.7. The van der Waals surface area contributed by atoms with Crippen LogP contribution in [0.1, 0.15) is 129 Å². The highest BCUT2D eigenvalue weighted by molar-refractivity contribution is 5.56. The third-order valence-electron chi connectivity index (χ3n) is 6.29. The first-order valence-corrected chi connectivity index (χ1v) is 12.6. The summed E-state index contributed by atoms with van der Waals surface area (Å²) in [5.41, 5.74) is -1.46. The summed E-state index contributed by atoms with van der Waals surface area (Å²) in [7, 11) is 0. The van der Waals surface area contributed by atoms with Crippen LogP contribution in [0.25, 0.3) is 0 Å². The second-order valence-electron chi connectivity index (χ2n) is 9.12. The van der Waals surface area contributed by atoms with E-state index in [1.165, 1.54) is 64.2 Å². The lowest BCUT2D eigenvalue weighted by Gasteiger charge is -2.36. The van der Waals surface area contributed by atoms with Crippen molar-refractivity contribution in [3.8, 4) is 0 Å². The van der Waals surface area contributed by atoms with E-state index in [0.717, 1.165) is 38.5 Å². The van der Waals surface area contributed by atoms with Gasteiger partial charge in [-0.25, -0.2) is 0 Å². The molecule has 0 aliphatic carbocycles. The minimum Gasteiger partial charge on any atom is -0.387 e. The minimum atomic E-state index is -1.68. The van der Waals surface area contributed by atoms with Crippen LogP contribution in [0.2, 0.25) is 0 Å². The summed E-state index contributed by atoms with van der Waals surface area (Å²) in [6.07, 6.45) is 14.2. The van der Waals surface area contributed by atoms with E-state index in [2.05, 4.69) is 13.8 Å². The van der Waals surface area contributed by atoms with Crippen molar-refractivity contribution < 1.29 is 25.2 Å². The molecule has 5 nitrogen and oxygen atoms in total. The Kier molecular flexibility index (Phi) is 18.9. The third kappa shape index (κ3) is 13.7. The molecule has 0 saturated heterocycles. The van der Waals surface area contributed by atoms with Gasteiger partial charge in [0.2, 0.25) is 0 Å². The molecule has 0 aromatic rings. The van der Waals surface area contributed by atoms with E-state index in [0.29, 0.717) is 12.8 Å². The van der Waals surface area contributed by atoms with Crippen LogP contribution in [0.4, 0.5) is 0 Å². The van der Waals surface area contributed by atoms with Crippen molar-refractivity contribution >= 4 is 6.29 Å². The number of hydrogen-bond donors (Lipinski definition) is 4. The van der Waals surface area contributed by atoms with Gasteiger partial charge < -0.3 is 25.2 Å². The van der Waals surface area contributed by atoms with Gasteiger partial charge in [-0.1, -0.05) is 117 Å². The molecular weight excluding hydrogens is 380 g/mol. The summed E-state index contributed by atoms with van der Waals surface area (Å²) in [6.45, 7) is 4.41. The maximum atomic E-state index is 11.1. The number of unbranched alkanes of at least 4 members (excludes halogenated alkanes) is 14. The van der Waals surface area contributed by atoms with Crippen LogP contribution in [0.3, 0.4) is 0 Å². The van der Waals surface area contributed by atoms with E-state index < -0.39 is 23.9 Å². The first kappa shape index (κ1) is 29.5. The van der Waals surface area contributed by atoms with E-state index in [1.54, 1.807) is 0 Å². The van der Waals surface area contributed by atoms with Crippen LogP contribution in [-0.4, -0.2) is 50.6 Å². The molecule has 0 aliphatic heterocycles. The van der Waals surface area contributed by atoms with Crippen LogP contribution >= 0.6 is 0 Å². The fraction of sp³-hybridized carbons (Fsp3) is 0.960. The van der Waals surface area contributed by atoms with Gasteiger partial charge >= 0.3 is 0 Å². The Morgan fingerprint density at radius 1 is 0.633 bits per heavy atom. The molecule has 0 radical (unpaired) electrons. The Hall–Kier alpha value is -0.490.